The summed E-state index contributed by atoms with van der Waals surface area (Å²) in [5.74, 6) is -1.42. The highest BCUT2D eigenvalue weighted by Crippen LogP contribution is 2.52. The molecule has 1 aromatic carbocycles. The molecule has 0 saturated carbocycles. The summed E-state index contributed by atoms with van der Waals surface area (Å²) in [4.78, 5) is 17.3. The molecule has 7 heteroatoms. The van der Waals surface area contributed by atoms with Crippen molar-refractivity contribution in [2.75, 3.05) is 0 Å². The number of hydrogen-bond donors (Lipinski definition) is 1. The van der Waals surface area contributed by atoms with Crippen molar-refractivity contribution in [3.05, 3.63) is 29.8 Å². The van der Waals surface area contributed by atoms with Crippen LogP contribution in [0.25, 0.3) is 0 Å². The molecule has 1 fully saturated rings. The predicted molar refractivity (Wildman–Crippen MR) is 68.9 cm³/mol. The largest absolute Gasteiger partial charge is 0.427 e. The summed E-state index contributed by atoms with van der Waals surface area (Å²) in [5, 5.41) is 10.1. The summed E-state index contributed by atoms with van der Waals surface area (Å²) >= 11 is 0. The summed E-state index contributed by atoms with van der Waals surface area (Å²) in [6.45, 7) is 2.35. The van der Waals surface area contributed by atoms with Crippen LogP contribution in [0.15, 0.2) is 29.3 Å². The minimum Gasteiger partial charge on any atom is -0.372 e. The number of fused-ring (bicyclic) bond motifs is 2. The fourth-order valence-electron chi connectivity index (χ4n) is 2.92. The van der Waals surface area contributed by atoms with Crippen LogP contribution in [0.2, 0.25) is 0 Å². The van der Waals surface area contributed by atoms with Gasteiger partial charge in [0.05, 0.1) is 17.6 Å². The van der Waals surface area contributed by atoms with E-state index in [-0.39, 0.29) is 12.4 Å². The lowest BCUT2D eigenvalue weighted by molar-refractivity contribution is -0.269. The van der Waals surface area contributed by atoms with Crippen molar-refractivity contribution in [3.63, 3.8) is 0 Å². The Labute approximate surface area is 118 Å². The molecule has 0 radical (unpaired) electrons. The van der Waals surface area contributed by atoms with Crippen LogP contribution in [0.4, 0.5) is 18.9 Å². The predicted octanol–water partition coefficient (Wildman–Crippen LogP) is 2.39. The molecule has 21 heavy (non-hydrogen) atoms. The Hall–Kier alpha value is -1.89. The van der Waals surface area contributed by atoms with E-state index in [1.54, 1.807) is 24.3 Å². The molecule has 1 atom stereocenters. The van der Waals surface area contributed by atoms with Gasteiger partial charge in [-0.25, -0.2) is 4.99 Å². The first-order valence-corrected chi connectivity index (χ1v) is 6.39. The Morgan fingerprint density at radius 1 is 1.29 bits per heavy atom. The van der Waals surface area contributed by atoms with Crippen LogP contribution in [0.3, 0.4) is 0 Å². The highest BCUT2D eigenvalue weighted by molar-refractivity contribution is 6.15. The molecule has 0 aromatic heterocycles. The quantitative estimate of drug-likeness (QED) is 0.799. The van der Waals surface area contributed by atoms with E-state index >= 15 is 0 Å². The van der Waals surface area contributed by atoms with Crippen molar-refractivity contribution in [3.8, 4) is 0 Å². The molecule has 0 spiro atoms. The van der Waals surface area contributed by atoms with Gasteiger partial charge in [0.25, 0.3) is 11.5 Å². The van der Waals surface area contributed by atoms with Crippen molar-refractivity contribution in [1.29, 1.82) is 0 Å². The number of halogens is 3. The molecule has 2 aliphatic heterocycles. The number of carbonyl (C=O) groups excluding carboxylic acids is 1. The lowest BCUT2D eigenvalue weighted by atomic mass is 9.76. The summed E-state index contributed by atoms with van der Waals surface area (Å²) in [6, 6.07) is 6.81. The lowest BCUT2D eigenvalue weighted by Crippen LogP contribution is -2.59. The van der Waals surface area contributed by atoms with Crippen LogP contribution >= 0.6 is 0 Å². The number of benzene rings is 1. The molecule has 0 bridgehead atoms. The van der Waals surface area contributed by atoms with E-state index in [9.17, 15) is 23.1 Å². The zero-order valence-electron chi connectivity index (χ0n) is 11.4. The van der Waals surface area contributed by atoms with E-state index in [1.807, 2.05) is 0 Å². The molecule has 0 aliphatic carbocycles. The molecule has 2 aliphatic rings. The summed E-state index contributed by atoms with van der Waals surface area (Å²) in [5.41, 5.74) is -4.13. The Morgan fingerprint density at radius 2 is 1.90 bits per heavy atom. The molecule has 1 N–H and O–H groups in total. The zero-order chi connectivity index (χ0) is 15.6. The van der Waals surface area contributed by atoms with Crippen molar-refractivity contribution < 1.29 is 23.1 Å². The van der Waals surface area contributed by atoms with Crippen molar-refractivity contribution >= 4 is 17.4 Å². The number of amides is 1. The maximum absolute atomic E-state index is 13.3. The van der Waals surface area contributed by atoms with Crippen LogP contribution in [0, 0.1) is 5.41 Å². The number of aliphatic imine (C=N–C) groups is 1. The van der Waals surface area contributed by atoms with Gasteiger partial charge in [0.2, 0.25) is 0 Å². The highest BCUT2D eigenvalue weighted by atomic mass is 19.4. The van der Waals surface area contributed by atoms with Gasteiger partial charge >= 0.3 is 6.18 Å². The van der Waals surface area contributed by atoms with E-state index in [0.717, 1.165) is 4.90 Å². The van der Waals surface area contributed by atoms with E-state index < -0.39 is 23.1 Å². The third kappa shape index (κ3) is 1.55. The molecular weight excluding hydrogens is 285 g/mol. The summed E-state index contributed by atoms with van der Waals surface area (Å²) in [6.07, 6.45) is -5.07. The maximum Gasteiger partial charge on any atom is 0.427 e. The number of carbonyl (C=O) groups is 1. The standard InChI is InChI=1S/C14H13F3N2O2/c1-12(2)10-18-9-6-4-3-5-8(9)7-19(10)11(20)13(12,21)14(15,16)17/h3-6,21H,7H2,1-2H3. The van der Waals surface area contributed by atoms with E-state index in [4.69, 9.17) is 0 Å². The molecular formula is C14H13F3N2O2. The van der Waals surface area contributed by atoms with Gasteiger partial charge in [-0.05, 0) is 25.5 Å². The number of alkyl halides is 3. The van der Waals surface area contributed by atoms with E-state index in [2.05, 4.69) is 4.99 Å². The fraction of sp³-hybridized carbons (Fsp3) is 0.429. The minimum atomic E-state index is -5.07. The van der Waals surface area contributed by atoms with Gasteiger partial charge < -0.3 is 5.11 Å². The minimum absolute atomic E-state index is 0.0182. The van der Waals surface area contributed by atoms with Crippen LogP contribution in [0.1, 0.15) is 19.4 Å². The first-order chi connectivity index (χ1) is 9.60. The lowest BCUT2D eigenvalue weighted by Gasteiger charge is -2.34. The molecule has 4 nitrogen and oxygen atoms in total. The highest BCUT2D eigenvalue weighted by Gasteiger charge is 2.75. The average molecular weight is 298 g/mol. The third-order valence-electron chi connectivity index (χ3n) is 4.23. The molecule has 112 valence electrons. The number of rotatable bonds is 0. The van der Waals surface area contributed by atoms with Gasteiger partial charge in [0.1, 0.15) is 5.84 Å². The smallest absolute Gasteiger partial charge is 0.372 e. The topological polar surface area (TPSA) is 52.9 Å². The maximum atomic E-state index is 13.3. The van der Waals surface area contributed by atoms with Gasteiger partial charge in [-0.3, -0.25) is 9.69 Å². The van der Waals surface area contributed by atoms with Crippen LogP contribution in [-0.2, 0) is 11.3 Å². The van der Waals surface area contributed by atoms with Crippen molar-refractivity contribution in [2.45, 2.75) is 32.2 Å². The number of hydrogen-bond acceptors (Lipinski definition) is 3. The Kier molecular flexibility index (Phi) is 2.58. The second-order valence-corrected chi connectivity index (χ2v) is 5.79. The Bertz CT molecular complexity index is 666. The van der Waals surface area contributed by atoms with Crippen LogP contribution in [0.5, 0.6) is 0 Å². The number of amidine groups is 1. The van der Waals surface area contributed by atoms with Gasteiger partial charge in [-0.15, -0.1) is 0 Å². The molecule has 1 aromatic rings. The number of para-hydroxylation sites is 1. The van der Waals surface area contributed by atoms with Crippen LogP contribution in [-0.4, -0.2) is 33.5 Å². The third-order valence-corrected chi connectivity index (χ3v) is 4.23. The van der Waals surface area contributed by atoms with Crippen molar-refractivity contribution in [2.24, 2.45) is 10.4 Å². The molecule has 3 rings (SSSR count). The molecule has 1 amide bonds. The first kappa shape index (κ1) is 14.1. The second kappa shape index (κ2) is 3.85. The van der Waals surface area contributed by atoms with Crippen molar-refractivity contribution in [1.82, 2.24) is 4.90 Å². The average Bonchev–Trinajstić information content (AvgIpc) is 2.56. The van der Waals surface area contributed by atoms with Gasteiger partial charge in [-0.2, -0.15) is 13.2 Å². The molecule has 1 saturated heterocycles. The monoisotopic (exact) mass is 298 g/mol. The van der Waals surface area contributed by atoms with Gasteiger partial charge in [0, 0.05) is 0 Å². The second-order valence-electron chi connectivity index (χ2n) is 5.79. The van der Waals surface area contributed by atoms with E-state index in [1.165, 1.54) is 13.8 Å². The number of aliphatic hydroxyl groups is 1. The normalized spacial score (nSPS) is 27.2. The van der Waals surface area contributed by atoms with Gasteiger partial charge in [-0.1, -0.05) is 18.2 Å². The van der Waals surface area contributed by atoms with E-state index in [0.29, 0.717) is 11.3 Å². The molecule has 1 unspecified atom stereocenters. The Balaban J connectivity index is 2.21. The summed E-state index contributed by atoms with van der Waals surface area (Å²) in [7, 11) is 0. The summed E-state index contributed by atoms with van der Waals surface area (Å²) < 4.78 is 39.9. The van der Waals surface area contributed by atoms with Crippen LogP contribution < -0.4 is 0 Å². The fourth-order valence-corrected chi connectivity index (χ4v) is 2.92. The molecule has 2 heterocycles. The van der Waals surface area contributed by atoms with Gasteiger partial charge in [0.15, 0.2) is 0 Å². The zero-order valence-corrected chi connectivity index (χ0v) is 11.4. The number of nitrogens with zero attached hydrogens (tertiary/aromatic N) is 2. The SMILES string of the molecule is CC1(C)C2=Nc3ccccc3CN2C(=O)C1(O)C(F)(F)F. The Morgan fingerprint density at radius 3 is 2.52 bits per heavy atom. The first-order valence-electron chi connectivity index (χ1n) is 6.39.